The van der Waals surface area contributed by atoms with Gasteiger partial charge in [0.15, 0.2) is 0 Å². The molecule has 1 aliphatic carbocycles. The summed E-state index contributed by atoms with van der Waals surface area (Å²) in [6.45, 7) is 1.50. The maximum Gasteiger partial charge on any atom is 0.227 e. The number of hydrogen-bond donors (Lipinski definition) is 2. The molecule has 0 radical (unpaired) electrons. The van der Waals surface area contributed by atoms with Gasteiger partial charge in [-0.3, -0.25) is 4.21 Å². The van der Waals surface area contributed by atoms with Crippen molar-refractivity contribution < 1.29 is 9.32 Å². The van der Waals surface area contributed by atoms with Crippen LogP contribution < -0.4 is 10.2 Å². The van der Waals surface area contributed by atoms with Gasteiger partial charge in [-0.05, 0) is 31.4 Å². The second-order valence-corrected chi connectivity index (χ2v) is 12.0. The van der Waals surface area contributed by atoms with Gasteiger partial charge in [0.2, 0.25) is 5.95 Å². The lowest BCUT2D eigenvalue weighted by atomic mass is 9.77. The van der Waals surface area contributed by atoms with Gasteiger partial charge in [-0.15, -0.1) is 11.3 Å². The molecule has 0 amide bonds. The molecule has 172 valence electrons. The summed E-state index contributed by atoms with van der Waals surface area (Å²) in [5.41, 5.74) is 2.63. The van der Waals surface area contributed by atoms with Crippen molar-refractivity contribution in [2.45, 2.75) is 49.1 Å². The first-order valence-corrected chi connectivity index (χ1v) is 13.7. The number of anilines is 2. The molecule has 7 nitrogen and oxygen atoms in total. The Morgan fingerprint density at radius 1 is 1.15 bits per heavy atom. The number of rotatable bonds is 5. The molecular weight excluding hydrogens is 478 g/mol. The predicted octanol–water partition coefficient (Wildman–Crippen LogP) is 3.81. The molecular formula is C23H24ClN5O2S2. The van der Waals surface area contributed by atoms with E-state index in [0.717, 1.165) is 64.1 Å². The maximum absolute atomic E-state index is 12.7. The number of aromatic nitrogens is 3. The molecule has 10 heteroatoms. The molecule has 33 heavy (non-hydrogen) atoms. The van der Waals surface area contributed by atoms with Gasteiger partial charge in [-0.1, -0.05) is 23.7 Å². The van der Waals surface area contributed by atoms with Gasteiger partial charge in [-0.25, -0.2) is 9.97 Å². The molecule has 2 aromatic heterocycles. The zero-order valence-electron chi connectivity index (χ0n) is 18.0. The summed E-state index contributed by atoms with van der Waals surface area (Å²) in [5.74, 6) is 1.86. The normalized spacial score (nSPS) is 20.8. The van der Waals surface area contributed by atoms with Gasteiger partial charge in [0, 0.05) is 40.6 Å². The Bertz CT molecular complexity index is 1240. The van der Waals surface area contributed by atoms with E-state index >= 15 is 0 Å². The van der Waals surface area contributed by atoms with Crippen molar-refractivity contribution in [3.63, 3.8) is 0 Å². The molecule has 4 heterocycles. The van der Waals surface area contributed by atoms with Gasteiger partial charge < -0.3 is 15.3 Å². The quantitative estimate of drug-likeness (QED) is 0.549. The minimum atomic E-state index is -1.10. The first-order valence-electron chi connectivity index (χ1n) is 11.2. The van der Waals surface area contributed by atoms with Gasteiger partial charge in [0.25, 0.3) is 0 Å². The van der Waals surface area contributed by atoms with Crippen molar-refractivity contribution in [2.75, 3.05) is 29.1 Å². The minimum absolute atomic E-state index is 0.0487. The van der Waals surface area contributed by atoms with E-state index < -0.39 is 10.8 Å². The molecule has 0 saturated heterocycles. The molecule has 1 atom stereocenters. The van der Waals surface area contributed by atoms with Gasteiger partial charge in [0.1, 0.15) is 15.7 Å². The van der Waals surface area contributed by atoms with E-state index in [1.807, 2.05) is 24.3 Å². The Balaban J connectivity index is 1.31. The number of aliphatic hydroxyl groups excluding tert-OH is 1. The summed E-state index contributed by atoms with van der Waals surface area (Å²) >= 11 is 7.77. The SMILES string of the molecule is O=[S@]1CCc2nc(N3CCc4sc(-c5ccc(Cl)cc5)nc4C3)nc(NC3(CO)CCC3)c21. The fourth-order valence-corrected chi connectivity index (χ4v) is 7.17. The largest absolute Gasteiger partial charge is 0.394 e. The summed E-state index contributed by atoms with van der Waals surface area (Å²) in [5, 5.41) is 15.1. The van der Waals surface area contributed by atoms with Crippen molar-refractivity contribution in [3.05, 3.63) is 45.6 Å². The lowest BCUT2D eigenvalue weighted by molar-refractivity contribution is 0.143. The van der Waals surface area contributed by atoms with Crippen LogP contribution in [0.4, 0.5) is 11.8 Å². The molecule has 3 aliphatic rings. The Labute approximate surface area is 203 Å². The number of halogens is 1. The minimum Gasteiger partial charge on any atom is -0.394 e. The number of aryl methyl sites for hydroxylation is 1. The van der Waals surface area contributed by atoms with E-state index in [2.05, 4.69) is 10.2 Å². The van der Waals surface area contributed by atoms with Crippen LogP contribution in [-0.2, 0) is 30.2 Å². The lowest BCUT2D eigenvalue weighted by Crippen LogP contribution is -2.48. The van der Waals surface area contributed by atoms with Crippen molar-refractivity contribution in [1.29, 1.82) is 0 Å². The summed E-state index contributed by atoms with van der Waals surface area (Å²) in [7, 11) is -1.10. The van der Waals surface area contributed by atoms with Crippen molar-refractivity contribution >= 4 is 45.5 Å². The Morgan fingerprint density at radius 2 is 1.97 bits per heavy atom. The Kier molecular flexibility index (Phi) is 5.40. The fourth-order valence-electron chi connectivity index (χ4n) is 4.67. The molecule has 2 N–H and O–H groups in total. The Morgan fingerprint density at radius 3 is 2.70 bits per heavy atom. The summed E-state index contributed by atoms with van der Waals surface area (Å²) in [6, 6.07) is 7.79. The molecule has 0 bridgehead atoms. The van der Waals surface area contributed by atoms with Crippen molar-refractivity contribution in [1.82, 2.24) is 15.0 Å². The number of fused-ring (bicyclic) bond motifs is 2. The van der Waals surface area contributed by atoms with E-state index in [0.29, 0.717) is 30.5 Å². The smallest absolute Gasteiger partial charge is 0.227 e. The molecule has 0 unspecified atom stereocenters. The molecule has 1 fully saturated rings. The summed E-state index contributed by atoms with van der Waals surface area (Å²) < 4.78 is 12.7. The van der Waals surface area contributed by atoms with Crippen LogP contribution >= 0.6 is 22.9 Å². The summed E-state index contributed by atoms with van der Waals surface area (Å²) in [4.78, 5) is 18.7. The Hall–Kier alpha value is -2.07. The van der Waals surface area contributed by atoms with Crippen molar-refractivity contribution in [2.24, 2.45) is 0 Å². The van der Waals surface area contributed by atoms with Gasteiger partial charge >= 0.3 is 0 Å². The highest BCUT2D eigenvalue weighted by atomic mass is 35.5. The van der Waals surface area contributed by atoms with Gasteiger partial charge in [0.05, 0.1) is 40.9 Å². The number of nitrogens with one attached hydrogen (secondary N) is 1. The number of nitrogens with zero attached hydrogens (tertiary/aromatic N) is 4. The molecule has 1 saturated carbocycles. The van der Waals surface area contributed by atoms with Crippen LogP contribution in [0, 0.1) is 0 Å². The predicted molar refractivity (Wildman–Crippen MR) is 132 cm³/mol. The lowest BCUT2D eigenvalue weighted by Gasteiger charge is -2.41. The summed E-state index contributed by atoms with van der Waals surface area (Å²) in [6.07, 6.45) is 4.43. The van der Waals surface area contributed by atoms with Crippen LogP contribution in [0.1, 0.15) is 35.5 Å². The second kappa shape index (κ2) is 8.30. The van der Waals surface area contributed by atoms with Crippen LogP contribution in [0.5, 0.6) is 0 Å². The van der Waals surface area contributed by atoms with E-state index in [9.17, 15) is 9.32 Å². The van der Waals surface area contributed by atoms with Crippen LogP contribution in [0.15, 0.2) is 29.2 Å². The highest BCUT2D eigenvalue weighted by molar-refractivity contribution is 7.85. The van der Waals surface area contributed by atoms with Crippen LogP contribution in [-0.4, -0.2) is 48.7 Å². The van der Waals surface area contributed by atoms with Crippen molar-refractivity contribution in [3.8, 4) is 10.6 Å². The third kappa shape index (κ3) is 3.84. The highest BCUT2D eigenvalue weighted by Gasteiger charge is 2.39. The monoisotopic (exact) mass is 501 g/mol. The third-order valence-corrected chi connectivity index (χ3v) is 9.69. The number of thiazole rings is 1. The van der Waals surface area contributed by atoms with E-state index in [1.165, 1.54) is 4.88 Å². The number of hydrogen-bond acceptors (Lipinski definition) is 8. The van der Waals surface area contributed by atoms with E-state index in [1.54, 1.807) is 11.3 Å². The zero-order valence-corrected chi connectivity index (χ0v) is 20.4. The standard InChI is InChI=1S/C23H24ClN5O2S2/c24-15-4-2-14(3-5-15)21-25-17-12-29(10-6-18(17)32-21)22-26-16-7-11-33(31)19(16)20(27-22)28-23(13-30)8-1-9-23/h2-5,30H,1,6-13H2,(H,26,27,28)/t33-/m0/s1. The van der Waals surface area contributed by atoms with Crippen LogP contribution in [0.25, 0.3) is 10.6 Å². The molecule has 1 aromatic carbocycles. The van der Waals surface area contributed by atoms with E-state index in [4.69, 9.17) is 26.6 Å². The topological polar surface area (TPSA) is 91.2 Å². The van der Waals surface area contributed by atoms with Gasteiger partial charge in [-0.2, -0.15) is 4.98 Å². The molecule has 6 rings (SSSR count). The first kappa shape index (κ1) is 21.5. The molecule has 3 aromatic rings. The zero-order chi connectivity index (χ0) is 22.6. The number of benzene rings is 1. The fraction of sp³-hybridized carbons (Fsp3) is 0.435. The highest BCUT2D eigenvalue weighted by Crippen LogP contribution is 2.39. The van der Waals surface area contributed by atoms with Crippen LogP contribution in [0.3, 0.4) is 0 Å². The molecule has 2 aliphatic heterocycles. The van der Waals surface area contributed by atoms with E-state index in [-0.39, 0.29) is 12.1 Å². The molecule has 0 spiro atoms. The van der Waals surface area contributed by atoms with Crippen LogP contribution in [0.2, 0.25) is 5.02 Å². The first-order chi connectivity index (χ1) is 16.0. The second-order valence-electron chi connectivity index (χ2n) is 8.93. The number of aliphatic hydroxyl groups is 1. The third-order valence-electron chi connectivity index (χ3n) is 6.77. The average molecular weight is 502 g/mol. The average Bonchev–Trinajstić information content (AvgIpc) is 3.39. The maximum atomic E-state index is 12.7.